The lowest BCUT2D eigenvalue weighted by atomic mass is 10.0. The molecule has 0 amide bonds. The summed E-state index contributed by atoms with van der Waals surface area (Å²) in [6, 6.07) is 7.40. The van der Waals surface area contributed by atoms with Crippen LogP contribution in [0.15, 0.2) is 45.8 Å². The summed E-state index contributed by atoms with van der Waals surface area (Å²) in [6.45, 7) is 0.233. The number of methoxy groups -OCH3 is 1. The molecular formula is C20H19FN8O2. The molecule has 4 aliphatic rings. The molecule has 0 saturated heterocycles. The number of nitrogens with zero attached hydrogens (tertiary/aromatic N) is 8. The molecule has 1 aromatic carbocycles. The second kappa shape index (κ2) is 6.42. The van der Waals surface area contributed by atoms with Crippen molar-refractivity contribution in [2.45, 2.75) is 37.7 Å². The average Bonchev–Trinajstić information content (AvgIpc) is 3.58. The normalized spacial score (nSPS) is 23.3. The van der Waals surface area contributed by atoms with Gasteiger partial charge in [0.05, 0.1) is 11.9 Å². The smallest absolute Gasteiger partial charge is 0.287 e. The highest BCUT2D eigenvalue weighted by molar-refractivity contribution is 6.09. The van der Waals surface area contributed by atoms with Gasteiger partial charge in [-0.25, -0.2) is 19.9 Å². The van der Waals surface area contributed by atoms with Crippen LogP contribution in [0.3, 0.4) is 0 Å². The van der Waals surface area contributed by atoms with Crippen LogP contribution in [0.1, 0.15) is 37.1 Å². The molecule has 0 spiro atoms. The number of rotatable bonds is 3. The van der Waals surface area contributed by atoms with Crippen LogP contribution in [-0.2, 0) is 10.3 Å². The molecule has 3 aliphatic heterocycles. The Bertz CT molecular complexity index is 1150. The van der Waals surface area contributed by atoms with Crippen molar-refractivity contribution >= 4 is 17.5 Å². The number of hydrogen-bond donors (Lipinski definition) is 0. The molecule has 11 heteroatoms. The first-order valence-electron chi connectivity index (χ1n) is 10.1. The third-order valence-corrected chi connectivity index (χ3v) is 6.32. The predicted molar refractivity (Wildman–Crippen MR) is 107 cm³/mol. The fourth-order valence-electron chi connectivity index (χ4n) is 4.75. The number of benzene rings is 1. The summed E-state index contributed by atoms with van der Waals surface area (Å²) in [5, 5.41) is 17.0. The van der Waals surface area contributed by atoms with Crippen molar-refractivity contribution in [1.82, 2.24) is 20.0 Å². The first-order valence-corrected chi connectivity index (χ1v) is 10.1. The standard InChI is InChI=1S/C20H19FN8O2/c1-30-20(8-4-5-9-20)17-24-19(25-31-17)27-12-23-16-13-6-2-3-7-14(13)28-15(29(16)27)10-26(11-22)18(28)21/h2-3,6-7,10,18H,4-5,8-9,12H2,1H3. The number of nitriles is 1. The van der Waals surface area contributed by atoms with Crippen LogP contribution in [0.5, 0.6) is 0 Å². The van der Waals surface area contributed by atoms with Gasteiger partial charge < -0.3 is 9.26 Å². The molecule has 1 fully saturated rings. The molecule has 0 radical (unpaired) electrons. The van der Waals surface area contributed by atoms with Crippen molar-refractivity contribution in [2.75, 3.05) is 23.7 Å². The molecule has 1 atom stereocenters. The van der Waals surface area contributed by atoms with Crippen molar-refractivity contribution < 1.29 is 13.7 Å². The van der Waals surface area contributed by atoms with Crippen molar-refractivity contribution in [3.63, 3.8) is 0 Å². The zero-order valence-corrected chi connectivity index (χ0v) is 16.8. The van der Waals surface area contributed by atoms with Crippen LogP contribution in [0.25, 0.3) is 0 Å². The topological polar surface area (TPSA) is 97.3 Å². The minimum Gasteiger partial charge on any atom is -0.368 e. The van der Waals surface area contributed by atoms with Crippen LogP contribution >= 0.6 is 0 Å². The Morgan fingerprint density at radius 3 is 2.87 bits per heavy atom. The van der Waals surface area contributed by atoms with Gasteiger partial charge in [-0.3, -0.25) is 4.90 Å². The maximum absolute atomic E-state index is 15.1. The summed E-state index contributed by atoms with van der Waals surface area (Å²) in [6.07, 6.45) is 5.41. The van der Waals surface area contributed by atoms with E-state index in [0.717, 1.165) is 36.1 Å². The van der Waals surface area contributed by atoms with Gasteiger partial charge >= 0.3 is 0 Å². The highest BCUT2D eigenvalue weighted by atomic mass is 19.1. The first-order chi connectivity index (χ1) is 15.2. The molecule has 158 valence electrons. The van der Waals surface area contributed by atoms with E-state index in [1.54, 1.807) is 17.1 Å². The summed E-state index contributed by atoms with van der Waals surface area (Å²) in [5.41, 5.74) is 0.843. The summed E-state index contributed by atoms with van der Waals surface area (Å²) in [4.78, 5) is 11.7. The number of aliphatic imine (C=N–C) groups is 1. The van der Waals surface area contributed by atoms with E-state index in [0.29, 0.717) is 29.2 Å². The van der Waals surface area contributed by atoms with Gasteiger partial charge in [-0.1, -0.05) is 12.1 Å². The molecule has 31 heavy (non-hydrogen) atoms. The van der Waals surface area contributed by atoms with E-state index in [4.69, 9.17) is 9.26 Å². The summed E-state index contributed by atoms with van der Waals surface area (Å²) in [7, 11) is 1.66. The van der Waals surface area contributed by atoms with Gasteiger partial charge in [-0.2, -0.15) is 14.6 Å². The largest absolute Gasteiger partial charge is 0.368 e. The predicted octanol–water partition coefficient (Wildman–Crippen LogP) is 2.60. The monoisotopic (exact) mass is 422 g/mol. The Hall–Kier alpha value is -3.65. The molecule has 1 saturated carbocycles. The Balaban J connectivity index is 1.42. The van der Waals surface area contributed by atoms with Crippen LogP contribution < -0.4 is 9.91 Å². The van der Waals surface area contributed by atoms with Crippen molar-refractivity contribution in [1.29, 1.82) is 5.26 Å². The maximum atomic E-state index is 15.1. The molecule has 10 nitrogen and oxygen atoms in total. The minimum absolute atomic E-state index is 0.233. The van der Waals surface area contributed by atoms with Crippen LogP contribution in [0.2, 0.25) is 0 Å². The molecule has 6 rings (SSSR count). The molecule has 0 N–H and O–H groups in total. The minimum atomic E-state index is -1.65. The van der Waals surface area contributed by atoms with Gasteiger partial charge in [0.25, 0.3) is 18.3 Å². The van der Waals surface area contributed by atoms with E-state index in [2.05, 4.69) is 15.1 Å². The average molecular weight is 422 g/mol. The van der Waals surface area contributed by atoms with Crippen LogP contribution in [0, 0.1) is 11.5 Å². The maximum Gasteiger partial charge on any atom is 0.287 e. The lowest BCUT2D eigenvalue weighted by molar-refractivity contribution is -0.0342. The van der Waals surface area contributed by atoms with E-state index in [-0.39, 0.29) is 6.67 Å². The van der Waals surface area contributed by atoms with Gasteiger partial charge in [-0.15, -0.1) is 0 Å². The lowest BCUT2D eigenvalue weighted by Gasteiger charge is -2.39. The Kier molecular flexibility index (Phi) is 3.76. The van der Waals surface area contributed by atoms with Gasteiger partial charge in [0.15, 0.2) is 17.8 Å². The van der Waals surface area contributed by atoms with Gasteiger partial charge in [0.1, 0.15) is 12.3 Å². The molecule has 1 unspecified atom stereocenters. The van der Waals surface area contributed by atoms with Gasteiger partial charge in [0, 0.05) is 12.7 Å². The third kappa shape index (κ3) is 2.36. The Morgan fingerprint density at radius 1 is 1.29 bits per heavy atom. The summed E-state index contributed by atoms with van der Waals surface area (Å²) in [5.74, 6) is 1.84. The number of halogens is 1. The van der Waals surface area contributed by atoms with Crippen LogP contribution in [-0.4, -0.2) is 46.1 Å². The number of para-hydroxylation sites is 1. The number of alkyl halides is 1. The zero-order chi connectivity index (χ0) is 21.2. The van der Waals surface area contributed by atoms with E-state index < -0.39 is 12.0 Å². The number of hydrogen-bond acceptors (Lipinski definition) is 10. The number of amidine groups is 1. The van der Waals surface area contributed by atoms with Crippen molar-refractivity contribution in [3.8, 4) is 6.19 Å². The van der Waals surface area contributed by atoms with Crippen molar-refractivity contribution in [3.05, 3.63) is 47.7 Å². The number of fused-ring (bicyclic) bond motifs is 6. The molecule has 1 aromatic heterocycles. The number of hydrazine groups is 1. The first kappa shape index (κ1) is 18.1. The summed E-state index contributed by atoms with van der Waals surface area (Å²) < 4.78 is 26.5. The molecule has 2 aromatic rings. The quantitative estimate of drug-likeness (QED) is 0.546. The van der Waals surface area contributed by atoms with Gasteiger partial charge in [-0.05, 0) is 43.0 Å². The third-order valence-electron chi connectivity index (χ3n) is 6.32. The highest BCUT2D eigenvalue weighted by Crippen LogP contribution is 2.44. The van der Waals surface area contributed by atoms with E-state index in [1.165, 1.54) is 11.1 Å². The highest BCUT2D eigenvalue weighted by Gasteiger charge is 2.48. The fraction of sp³-hybridized carbons (Fsp3) is 0.400. The SMILES string of the molecule is COC1(c2nc(N3CN=C4c5ccccc5N5C(=CN(C#N)C5F)N43)no2)CCCC1. The second-order valence-corrected chi connectivity index (χ2v) is 7.83. The number of ether oxygens (including phenoxy) is 1. The van der Waals surface area contributed by atoms with E-state index >= 15 is 4.39 Å². The van der Waals surface area contributed by atoms with Crippen LogP contribution in [0.4, 0.5) is 16.0 Å². The number of aromatic nitrogens is 2. The molecule has 4 heterocycles. The van der Waals surface area contributed by atoms with E-state index in [9.17, 15) is 5.26 Å². The second-order valence-electron chi connectivity index (χ2n) is 7.83. The Labute approximate surface area is 177 Å². The van der Waals surface area contributed by atoms with Crippen molar-refractivity contribution in [2.24, 2.45) is 4.99 Å². The summed E-state index contributed by atoms with van der Waals surface area (Å²) >= 11 is 0. The van der Waals surface area contributed by atoms with E-state index in [1.807, 2.05) is 30.5 Å². The molecule has 1 aliphatic carbocycles. The van der Waals surface area contributed by atoms with Gasteiger partial charge in [0.2, 0.25) is 0 Å². The fourth-order valence-corrected chi connectivity index (χ4v) is 4.75. The lowest BCUT2D eigenvalue weighted by Crippen LogP contribution is -2.51. The Morgan fingerprint density at radius 2 is 2.10 bits per heavy atom. The zero-order valence-electron chi connectivity index (χ0n) is 16.8. The molecule has 0 bridgehead atoms. The number of anilines is 2. The molecular weight excluding hydrogens is 403 g/mol.